The molecule has 4 N–H and O–H groups in total. The largest absolute Gasteiger partial charge is 0.381 e. The van der Waals surface area contributed by atoms with Crippen molar-refractivity contribution in [3.63, 3.8) is 0 Å². The minimum absolute atomic E-state index is 0.0425. The van der Waals surface area contributed by atoms with Crippen molar-refractivity contribution in [2.45, 2.75) is 44.4 Å². The van der Waals surface area contributed by atoms with Gasteiger partial charge in [-0.1, -0.05) is 12.1 Å². The summed E-state index contributed by atoms with van der Waals surface area (Å²) in [5, 5.41) is 5.73. The second-order valence-electron chi connectivity index (χ2n) is 7.76. The maximum atomic E-state index is 12.8. The highest BCUT2D eigenvalue weighted by molar-refractivity contribution is 6.05. The lowest BCUT2D eigenvalue weighted by Gasteiger charge is -2.29. The zero-order chi connectivity index (χ0) is 19.7. The van der Waals surface area contributed by atoms with Crippen LogP contribution in [0.2, 0.25) is 0 Å². The van der Waals surface area contributed by atoms with E-state index in [2.05, 4.69) is 10.6 Å². The Bertz CT molecular complexity index is 790. The van der Waals surface area contributed by atoms with E-state index < -0.39 is 6.04 Å². The van der Waals surface area contributed by atoms with Gasteiger partial charge in [-0.3, -0.25) is 19.7 Å². The second-order valence-corrected chi connectivity index (χ2v) is 7.76. The summed E-state index contributed by atoms with van der Waals surface area (Å²) in [6.07, 6.45) is 1.63. The van der Waals surface area contributed by atoms with Crippen molar-refractivity contribution < 1.29 is 19.1 Å². The summed E-state index contributed by atoms with van der Waals surface area (Å²) in [6, 6.07) is 5.12. The molecule has 4 rings (SSSR count). The van der Waals surface area contributed by atoms with Crippen LogP contribution in [0.25, 0.3) is 0 Å². The van der Waals surface area contributed by atoms with Crippen LogP contribution < -0.4 is 16.4 Å². The highest BCUT2D eigenvalue weighted by Crippen LogP contribution is 2.29. The summed E-state index contributed by atoms with van der Waals surface area (Å²) < 4.78 is 5.40. The van der Waals surface area contributed by atoms with Gasteiger partial charge in [0.1, 0.15) is 6.04 Å². The lowest BCUT2D eigenvalue weighted by molar-refractivity contribution is -0.136. The van der Waals surface area contributed by atoms with E-state index in [-0.39, 0.29) is 30.2 Å². The van der Waals surface area contributed by atoms with Crippen molar-refractivity contribution >= 4 is 17.7 Å². The summed E-state index contributed by atoms with van der Waals surface area (Å²) in [5.74, 6) is -0.425. The van der Waals surface area contributed by atoms with Crippen LogP contribution in [0.15, 0.2) is 18.2 Å². The van der Waals surface area contributed by atoms with Crippen molar-refractivity contribution in [1.29, 1.82) is 0 Å². The van der Waals surface area contributed by atoms with E-state index in [4.69, 9.17) is 10.5 Å². The molecule has 3 heterocycles. The fourth-order valence-corrected chi connectivity index (χ4v) is 4.25. The quantitative estimate of drug-likeness (QED) is 0.589. The number of imide groups is 1. The number of ether oxygens (including phenoxy) is 1. The first-order valence-corrected chi connectivity index (χ1v) is 9.84. The van der Waals surface area contributed by atoms with Crippen molar-refractivity contribution in [3.05, 3.63) is 34.9 Å². The number of nitrogens with zero attached hydrogens (tertiary/aromatic N) is 1. The first kappa shape index (κ1) is 19.0. The van der Waals surface area contributed by atoms with E-state index in [1.807, 2.05) is 12.1 Å². The Morgan fingerprint density at radius 2 is 2.14 bits per heavy atom. The minimum atomic E-state index is -0.589. The van der Waals surface area contributed by atoms with Crippen LogP contribution in [0, 0.1) is 5.92 Å². The number of amides is 3. The molecule has 1 aromatic carbocycles. The maximum absolute atomic E-state index is 12.8. The van der Waals surface area contributed by atoms with Gasteiger partial charge in [-0.2, -0.15) is 0 Å². The van der Waals surface area contributed by atoms with Gasteiger partial charge >= 0.3 is 0 Å². The molecule has 2 fully saturated rings. The zero-order valence-electron chi connectivity index (χ0n) is 15.8. The number of fused-ring (bicyclic) bond motifs is 1. The van der Waals surface area contributed by atoms with Gasteiger partial charge in [0.25, 0.3) is 5.91 Å². The average molecular weight is 386 g/mol. The molecule has 0 spiro atoms. The Labute approximate surface area is 163 Å². The smallest absolute Gasteiger partial charge is 0.255 e. The van der Waals surface area contributed by atoms with Crippen molar-refractivity contribution in [3.8, 4) is 0 Å². The number of nitrogens with two attached hydrogens (primary N) is 1. The summed E-state index contributed by atoms with van der Waals surface area (Å²) >= 11 is 0. The Morgan fingerprint density at radius 3 is 2.89 bits per heavy atom. The molecular weight excluding hydrogens is 360 g/mol. The Morgan fingerprint density at radius 1 is 1.29 bits per heavy atom. The zero-order valence-corrected chi connectivity index (χ0v) is 15.8. The van der Waals surface area contributed by atoms with Crippen molar-refractivity contribution in [2.24, 2.45) is 11.7 Å². The number of hydrogen-bond donors (Lipinski definition) is 3. The minimum Gasteiger partial charge on any atom is -0.381 e. The highest BCUT2D eigenvalue weighted by Gasteiger charge is 2.39. The third kappa shape index (κ3) is 3.67. The van der Waals surface area contributed by atoms with E-state index in [1.165, 1.54) is 0 Å². The normalized spacial score (nSPS) is 25.8. The molecule has 0 saturated carbocycles. The summed E-state index contributed by atoms with van der Waals surface area (Å²) in [4.78, 5) is 38.0. The number of benzene rings is 1. The molecule has 3 aliphatic heterocycles. The first-order valence-electron chi connectivity index (χ1n) is 9.84. The number of nitrogens with one attached hydrogen (secondary N) is 2. The van der Waals surface area contributed by atoms with Gasteiger partial charge in [0.05, 0.1) is 6.61 Å². The predicted molar refractivity (Wildman–Crippen MR) is 101 cm³/mol. The van der Waals surface area contributed by atoms with Crippen LogP contribution in [-0.2, 0) is 27.4 Å². The monoisotopic (exact) mass is 386 g/mol. The molecule has 28 heavy (non-hydrogen) atoms. The first-order chi connectivity index (χ1) is 13.5. The van der Waals surface area contributed by atoms with Crippen LogP contribution in [0.4, 0.5) is 0 Å². The van der Waals surface area contributed by atoms with Crippen LogP contribution in [0.3, 0.4) is 0 Å². The molecule has 0 aromatic heterocycles. The summed E-state index contributed by atoms with van der Waals surface area (Å²) in [7, 11) is 0. The Hall–Kier alpha value is -2.29. The molecule has 3 amide bonds. The van der Waals surface area contributed by atoms with Gasteiger partial charge in [-0.05, 0) is 30.0 Å². The third-order valence-electron chi connectivity index (χ3n) is 5.94. The molecule has 2 saturated heterocycles. The van der Waals surface area contributed by atoms with Gasteiger partial charge < -0.3 is 20.7 Å². The van der Waals surface area contributed by atoms with Crippen LogP contribution in [0.5, 0.6) is 0 Å². The molecule has 150 valence electrons. The van der Waals surface area contributed by atoms with Crippen LogP contribution in [0.1, 0.15) is 40.7 Å². The topological polar surface area (TPSA) is 114 Å². The second kappa shape index (κ2) is 7.98. The number of hydrogen-bond acceptors (Lipinski definition) is 6. The molecule has 3 atom stereocenters. The molecular formula is C20H26N4O4. The number of carbonyl (C=O) groups excluding carboxylic acids is 3. The van der Waals surface area contributed by atoms with Crippen LogP contribution in [-0.4, -0.2) is 54.5 Å². The van der Waals surface area contributed by atoms with Crippen molar-refractivity contribution in [2.75, 3.05) is 19.8 Å². The Balaban J connectivity index is 1.41. The van der Waals surface area contributed by atoms with E-state index in [9.17, 15) is 14.4 Å². The van der Waals surface area contributed by atoms with Crippen LogP contribution >= 0.6 is 0 Å². The van der Waals surface area contributed by atoms with Gasteiger partial charge in [0.15, 0.2) is 0 Å². The van der Waals surface area contributed by atoms with E-state index in [0.29, 0.717) is 37.5 Å². The maximum Gasteiger partial charge on any atom is 0.255 e. The van der Waals surface area contributed by atoms with Gasteiger partial charge in [-0.25, -0.2) is 0 Å². The number of rotatable bonds is 6. The molecule has 8 heteroatoms. The van der Waals surface area contributed by atoms with E-state index in [0.717, 1.165) is 30.8 Å². The standard InChI is InChI=1S/C20H26N4O4/c21-16(13-6-7-28-11-13)9-22-8-12-2-1-3-14-15(12)10-24(20(14)27)17-4-5-18(25)23-19(17)26/h1-3,13,16-17,22H,4-11,21H2,(H,23,25,26). The SMILES string of the molecule is NC(CNCc1cccc2c1CN(C1CCC(=O)NC1=O)C2=O)C1CCOC1. The lowest BCUT2D eigenvalue weighted by atomic mass is 9.99. The molecule has 0 radical (unpaired) electrons. The molecule has 0 bridgehead atoms. The van der Waals surface area contributed by atoms with E-state index >= 15 is 0 Å². The predicted octanol–water partition coefficient (Wildman–Crippen LogP) is -0.0990. The van der Waals surface area contributed by atoms with Gasteiger partial charge in [0.2, 0.25) is 11.8 Å². The lowest BCUT2D eigenvalue weighted by Crippen LogP contribution is -2.52. The summed E-state index contributed by atoms with van der Waals surface area (Å²) in [6.45, 7) is 3.19. The molecule has 1 aromatic rings. The van der Waals surface area contributed by atoms with Crippen molar-refractivity contribution in [1.82, 2.24) is 15.5 Å². The number of carbonyl (C=O) groups is 3. The Kier molecular flexibility index (Phi) is 5.43. The average Bonchev–Trinajstić information content (AvgIpc) is 3.31. The van der Waals surface area contributed by atoms with E-state index in [1.54, 1.807) is 11.0 Å². The molecule has 3 unspecified atom stereocenters. The van der Waals surface area contributed by atoms with Gasteiger partial charge in [-0.15, -0.1) is 0 Å². The molecule has 0 aliphatic carbocycles. The number of piperidine rings is 1. The summed E-state index contributed by atoms with van der Waals surface area (Å²) in [5.41, 5.74) is 8.87. The van der Waals surface area contributed by atoms with Gasteiger partial charge in [0, 0.05) is 50.2 Å². The fraction of sp³-hybridized carbons (Fsp3) is 0.550. The fourth-order valence-electron chi connectivity index (χ4n) is 4.25. The molecule has 3 aliphatic rings. The molecule has 8 nitrogen and oxygen atoms in total. The third-order valence-corrected chi connectivity index (χ3v) is 5.94. The highest BCUT2D eigenvalue weighted by atomic mass is 16.5.